The van der Waals surface area contributed by atoms with Crippen molar-refractivity contribution in [1.82, 2.24) is 20.2 Å². The van der Waals surface area contributed by atoms with Crippen LogP contribution in [0.2, 0.25) is 0 Å². The first kappa shape index (κ1) is 17.5. The summed E-state index contributed by atoms with van der Waals surface area (Å²) >= 11 is 0. The second-order valence-electron chi connectivity index (χ2n) is 5.39. The maximum absolute atomic E-state index is 12.0. The van der Waals surface area contributed by atoms with E-state index in [1.54, 1.807) is 36.4 Å². The summed E-state index contributed by atoms with van der Waals surface area (Å²) in [5.74, 6) is 0.0991. The number of anilines is 1. The molecule has 3 aromatic rings. The molecule has 0 unspecified atom stereocenters. The van der Waals surface area contributed by atoms with E-state index in [1.165, 1.54) is 23.1 Å². The van der Waals surface area contributed by atoms with Gasteiger partial charge in [-0.05, 0) is 52.9 Å². The van der Waals surface area contributed by atoms with Crippen molar-refractivity contribution >= 4 is 21.4 Å². The molecule has 0 spiro atoms. The first-order valence-electron chi connectivity index (χ1n) is 7.48. The zero-order valence-electron chi connectivity index (χ0n) is 13.7. The van der Waals surface area contributed by atoms with Crippen molar-refractivity contribution < 1.29 is 17.9 Å². The van der Waals surface area contributed by atoms with Crippen molar-refractivity contribution in [1.29, 1.82) is 0 Å². The molecule has 2 aromatic carbocycles. The maximum Gasteiger partial charge on any atom is 0.262 e. The van der Waals surface area contributed by atoms with Gasteiger partial charge in [-0.2, -0.15) is 0 Å². The topological polar surface area (TPSA) is 116 Å². The number of aromatic nitrogens is 4. The number of carbonyl (C=O) groups is 1. The highest BCUT2D eigenvalue weighted by Crippen LogP contribution is 2.16. The molecule has 0 fully saturated rings. The summed E-state index contributed by atoms with van der Waals surface area (Å²) in [5, 5.41) is 13.5. The maximum atomic E-state index is 12.0. The molecule has 1 N–H and O–H groups in total. The van der Waals surface area contributed by atoms with E-state index in [1.807, 2.05) is 0 Å². The molecule has 1 amide bonds. The lowest BCUT2D eigenvalue weighted by Crippen LogP contribution is -2.20. The summed E-state index contributed by atoms with van der Waals surface area (Å²) in [6, 6.07) is 12.9. The normalized spacial score (nSPS) is 11.1. The largest absolute Gasteiger partial charge is 0.484 e. The minimum absolute atomic E-state index is 0.134. The molecule has 0 bridgehead atoms. The SMILES string of the molecule is CS(=O)(=O)c1cccc(NC(=O)COc2ccc(-n3cnnn3)cc2)c1. The fourth-order valence-electron chi connectivity index (χ4n) is 2.13. The zero-order valence-corrected chi connectivity index (χ0v) is 14.5. The second-order valence-corrected chi connectivity index (χ2v) is 7.40. The highest BCUT2D eigenvalue weighted by Gasteiger charge is 2.09. The van der Waals surface area contributed by atoms with Crippen LogP contribution in [-0.2, 0) is 14.6 Å². The fourth-order valence-corrected chi connectivity index (χ4v) is 2.79. The van der Waals surface area contributed by atoms with Gasteiger partial charge in [-0.1, -0.05) is 6.07 Å². The molecular weight excluding hydrogens is 358 g/mol. The first-order chi connectivity index (χ1) is 12.4. The predicted molar refractivity (Wildman–Crippen MR) is 92.8 cm³/mol. The Kier molecular flexibility index (Phi) is 4.94. The third kappa shape index (κ3) is 4.42. The van der Waals surface area contributed by atoms with E-state index in [4.69, 9.17) is 4.74 Å². The van der Waals surface area contributed by atoms with Gasteiger partial charge in [0.25, 0.3) is 5.91 Å². The number of tetrazole rings is 1. The van der Waals surface area contributed by atoms with Crippen LogP contribution in [0.4, 0.5) is 5.69 Å². The number of amides is 1. The Balaban J connectivity index is 1.57. The molecule has 1 heterocycles. The third-order valence-electron chi connectivity index (χ3n) is 3.37. The van der Waals surface area contributed by atoms with Gasteiger partial charge in [-0.25, -0.2) is 13.1 Å². The molecule has 0 aliphatic rings. The summed E-state index contributed by atoms with van der Waals surface area (Å²) in [5.41, 5.74) is 1.14. The highest BCUT2D eigenvalue weighted by molar-refractivity contribution is 7.90. The standard InChI is InChI=1S/C16H15N5O4S/c1-26(23,24)15-4-2-3-12(9-15)18-16(22)10-25-14-7-5-13(6-8-14)21-11-17-19-20-21/h2-9,11H,10H2,1H3,(H,18,22). The van der Waals surface area contributed by atoms with Crippen LogP contribution in [0.25, 0.3) is 5.69 Å². The van der Waals surface area contributed by atoms with E-state index in [-0.39, 0.29) is 11.5 Å². The van der Waals surface area contributed by atoms with Crippen LogP contribution in [0.15, 0.2) is 59.8 Å². The minimum atomic E-state index is -3.34. The summed E-state index contributed by atoms with van der Waals surface area (Å²) in [7, 11) is -3.34. The number of hydrogen-bond acceptors (Lipinski definition) is 7. The Morgan fingerprint density at radius 1 is 1.19 bits per heavy atom. The Bertz CT molecular complexity index is 1000. The van der Waals surface area contributed by atoms with Gasteiger partial charge in [0, 0.05) is 11.9 Å². The van der Waals surface area contributed by atoms with Crippen LogP contribution in [0.3, 0.4) is 0 Å². The highest BCUT2D eigenvalue weighted by atomic mass is 32.2. The number of nitrogens with zero attached hydrogens (tertiary/aromatic N) is 4. The van der Waals surface area contributed by atoms with Crippen LogP contribution in [0.5, 0.6) is 5.75 Å². The first-order valence-corrected chi connectivity index (χ1v) is 9.37. The van der Waals surface area contributed by atoms with Gasteiger partial charge in [-0.3, -0.25) is 4.79 Å². The summed E-state index contributed by atoms with van der Waals surface area (Å²) in [6.07, 6.45) is 2.57. The average molecular weight is 373 g/mol. The van der Waals surface area contributed by atoms with Gasteiger partial charge in [0.05, 0.1) is 10.6 Å². The monoisotopic (exact) mass is 373 g/mol. The van der Waals surface area contributed by atoms with E-state index >= 15 is 0 Å². The molecule has 0 radical (unpaired) electrons. The van der Waals surface area contributed by atoms with Crippen LogP contribution in [0, 0.1) is 0 Å². The van der Waals surface area contributed by atoms with Crippen LogP contribution in [-0.4, -0.2) is 47.4 Å². The molecular formula is C16H15N5O4S. The summed E-state index contributed by atoms with van der Waals surface area (Å²) in [4.78, 5) is 12.1. The number of benzene rings is 2. The number of rotatable bonds is 6. The van der Waals surface area contributed by atoms with E-state index in [0.717, 1.165) is 11.9 Å². The smallest absolute Gasteiger partial charge is 0.262 e. The number of nitrogens with one attached hydrogen (secondary N) is 1. The van der Waals surface area contributed by atoms with Crippen molar-refractivity contribution in [2.24, 2.45) is 0 Å². The minimum Gasteiger partial charge on any atom is -0.484 e. The molecule has 0 saturated heterocycles. The number of hydrogen-bond donors (Lipinski definition) is 1. The van der Waals surface area contributed by atoms with Crippen LogP contribution >= 0.6 is 0 Å². The van der Waals surface area contributed by atoms with Crippen molar-refractivity contribution in [3.63, 3.8) is 0 Å². The van der Waals surface area contributed by atoms with Gasteiger partial charge in [0.1, 0.15) is 12.1 Å². The average Bonchev–Trinajstić information content (AvgIpc) is 3.14. The van der Waals surface area contributed by atoms with Crippen LogP contribution in [0.1, 0.15) is 0 Å². The van der Waals surface area contributed by atoms with Crippen molar-refractivity contribution in [3.8, 4) is 11.4 Å². The molecule has 10 heteroatoms. The molecule has 0 atom stereocenters. The molecule has 26 heavy (non-hydrogen) atoms. The Labute approximate surface area is 149 Å². The molecule has 134 valence electrons. The van der Waals surface area contributed by atoms with Crippen LogP contribution < -0.4 is 10.1 Å². The number of carbonyl (C=O) groups excluding carboxylic acids is 1. The van der Waals surface area contributed by atoms with Gasteiger partial charge in [0.15, 0.2) is 16.4 Å². The number of sulfone groups is 1. The van der Waals surface area contributed by atoms with Gasteiger partial charge in [0.2, 0.25) is 0 Å². The zero-order chi connectivity index (χ0) is 18.6. The second kappa shape index (κ2) is 7.31. The number of ether oxygens (including phenoxy) is 1. The van der Waals surface area contributed by atoms with Gasteiger partial charge < -0.3 is 10.1 Å². The summed E-state index contributed by atoms with van der Waals surface area (Å²) in [6.45, 7) is -0.215. The van der Waals surface area contributed by atoms with Gasteiger partial charge in [-0.15, -0.1) is 5.10 Å². The van der Waals surface area contributed by atoms with E-state index < -0.39 is 15.7 Å². The van der Waals surface area contributed by atoms with E-state index in [0.29, 0.717) is 11.4 Å². The van der Waals surface area contributed by atoms with Crippen molar-refractivity contribution in [2.45, 2.75) is 4.90 Å². The lowest BCUT2D eigenvalue weighted by atomic mass is 10.3. The molecule has 0 aliphatic carbocycles. The fraction of sp³-hybridized carbons (Fsp3) is 0.125. The molecule has 9 nitrogen and oxygen atoms in total. The van der Waals surface area contributed by atoms with E-state index in [9.17, 15) is 13.2 Å². The quantitative estimate of drug-likeness (QED) is 0.687. The van der Waals surface area contributed by atoms with Gasteiger partial charge >= 0.3 is 0 Å². The molecule has 1 aromatic heterocycles. The Morgan fingerprint density at radius 2 is 1.96 bits per heavy atom. The Hall–Kier alpha value is -3.27. The Morgan fingerprint density at radius 3 is 2.62 bits per heavy atom. The van der Waals surface area contributed by atoms with E-state index in [2.05, 4.69) is 20.8 Å². The molecule has 3 rings (SSSR count). The molecule has 0 aliphatic heterocycles. The predicted octanol–water partition coefficient (Wildman–Crippen LogP) is 1.08. The third-order valence-corrected chi connectivity index (χ3v) is 4.48. The van der Waals surface area contributed by atoms with Crippen molar-refractivity contribution in [2.75, 3.05) is 18.2 Å². The lowest BCUT2D eigenvalue weighted by Gasteiger charge is -2.09. The lowest BCUT2D eigenvalue weighted by molar-refractivity contribution is -0.118. The summed E-state index contributed by atoms with van der Waals surface area (Å²) < 4.78 is 30.0. The molecule has 0 saturated carbocycles. The van der Waals surface area contributed by atoms with Crippen molar-refractivity contribution in [3.05, 3.63) is 54.9 Å².